The van der Waals surface area contributed by atoms with Crippen molar-refractivity contribution < 1.29 is 23.9 Å². The molecule has 4 rings (SSSR count). The molecule has 1 amide bonds. The summed E-state index contributed by atoms with van der Waals surface area (Å²) in [6.45, 7) is 0.538. The topological polar surface area (TPSA) is 93.8 Å². The molecule has 0 radical (unpaired) electrons. The first-order valence-electron chi connectivity index (χ1n) is 8.29. The van der Waals surface area contributed by atoms with E-state index in [0.717, 1.165) is 11.1 Å². The Bertz CT molecular complexity index is 1030. The molecule has 7 nitrogen and oxygen atoms in total. The Kier molecular flexibility index (Phi) is 5.27. The van der Waals surface area contributed by atoms with Gasteiger partial charge in [0.05, 0.1) is 8.95 Å². The number of aromatic hydroxyl groups is 1. The van der Waals surface area contributed by atoms with Gasteiger partial charge in [0.25, 0.3) is 5.91 Å². The zero-order valence-electron chi connectivity index (χ0n) is 14.4. The Morgan fingerprint density at radius 2 is 1.82 bits per heavy atom. The van der Waals surface area contributed by atoms with Crippen LogP contribution in [-0.4, -0.2) is 23.0 Å². The molecule has 0 atom stereocenters. The number of halogens is 2. The number of ether oxygens (including phenoxy) is 2. The summed E-state index contributed by atoms with van der Waals surface area (Å²) in [6, 6.07) is 10.7. The minimum absolute atomic E-state index is 0.130. The summed E-state index contributed by atoms with van der Waals surface area (Å²) in [5, 5.41) is 16.4. The summed E-state index contributed by atoms with van der Waals surface area (Å²) in [5.41, 5.74) is 1.98. The van der Waals surface area contributed by atoms with Crippen molar-refractivity contribution in [1.82, 2.24) is 10.5 Å². The molecule has 2 N–H and O–H groups in total. The SMILES string of the molecule is O=C(NCc1ccc2c(c1)OCO2)c1cc(Cc2cc(Br)c(O)c(Br)c2)on1. The summed E-state index contributed by atoms with van der Waals surface area (Å²) >= 11 is 6.59. The zero-order chi connectivity index (χ0) is 19.7. The van der Waals surface area contributed by atoms with Crippen molar-refractivity contribution in [1.29, 1.82) is 0 Å². The Morgan fingerprint density at radius 3 is 2.61 bits per heavy atom. The lowest BCUT2D eigenvalue weighted by molar-refractivity contribution is 0.0941. The largest absolute Gasteiger partial charge is 0.506 e. The monoisotopic (exact) mass is 508 g/mol. The standard InChI is InChI=1S/C19H14Br2N2O5/c20-13-4-11(5-14(21)18(13)24)3-12-7-15(23-28-12)19(25)22-8-10-1-2-16-17(6-10)27-9-26-16/h1-2,4-7,24H,3,8-9H2,(H,22,25). The molecule has 1 aromatic heterocycles. The number of rotatable bonds is 5. The molecule has 0 spiro atoms. The summed E-state index contributed by atoms with van der Waals surface area (Å²) < 4.78 is 17.0. The summed E-state index contributed by atoms with van der Waals surface area (Å²) in [4.78, 5) is 12.3. The number of hydrogen-bond acceptors (Lipinski definition) is 6. The Morgan fingerprint density at radius 1 is 1.07 bits per heavy atom. The smallest absolute Gasteiger partial charge is 0.273 e. The van der Waals surface area contributed by atoms with Gasteiger partial charge in [-0.2, -0.15) is 0 Å². The van der Waals surface area contributed by atoms with E-state index in [-0.39, 0.29) is 24.1 Å². The van der Waals surface area contributed by atoms with E-state index in [1.54, 1.807) is 18.2 Å². The van der Waals surface area contributed by atoms with E-state index in [9.17, 15) is 9.90 Å². The number of nitrogens with zero attached hydrogens (tertiary/aromatic N) is 1. The third-order valence-electron chi connectivity index (χ3n) is 4.14. The van der Waals surface area contributed by atoms with E-state index >= 15 is 0 Å². The first kappa shape index (κ1) is 18.8. The van der Waals surface area contributed by atoms with Crippen LogP contribution < -0.4 is 14.8 Å². The fraction of sp³-hybridized carbons (Fsp3) is 0.158. The second-order valence-corrected chi connectivity index (χ2v) is 7.84. The fourth-order valence-corrected chi connectivity index (χ4v) is 4.03. The molecule has 0 saturated heterocycles. The van der Waals surface area contributed by atoms with Crippen molar-refractivity contribution in [3.05, 3.63) is 67.9 Å². The van der Waals surface area contributed by atoms with E-state index in [4.69, 9.17) is 14.0 Å². The normalized spacial score (nSPS) is 12.2. The van der Waals surface area contributed by atoms with Crippen LogP contribution in [-0.2, 0) is 13.0 Å². The van der Waals surface area contributed by atoms with Gasteiger partial charge in [-0.05, 0) is 67.3 Å². The average Bonchev–Trinajstić information content (AvgIpc) is 3.33. The van der Waals surface area contributed by atoms with Gasteiger partial charge in [-0.25, -0.2) is 0 Å². The van der Waals surface area contributed by atoms with Crippen molar-refractivity contribution in [2.24, 2.45) is 0 Å². The Hall–Kier alpha value is -2.52. The van der Waals surface area contributed by atoms with Crippen molar-refractivity contribution in [3.8, 4) is 17.2 Å². The quantitative estimate of drug-likeness (QED) is 0.536. The van der Waals surface area contributed by atoms with Gasteiger partial charge < -0.3 is 24.4 Å². The van der Waals surface area contributed by atoms with E-state index in [1.165, 1.54) is 0 Å². The lowest BCUT2D eigenvalue weighted by Crippen LogP contribution is -2.23. The van der Waals surface area contributed by atoms with Gasteiger partial charge in [0, 0.05) is 19.0 Å². The first-order chi connectivity index (χ1) is 13.5. The van der Waals surface area contributed by atoms with Crippen molar-refractivity contribution in [2.45, 2.75) is 13.0 Å². The van der Waals surface area contributed by atoms with E-state index in [0.29, 0.717) is 39.2 Å². The third kappa shape index (κ3) is 4.00. The van der Waals surface area contributed by atoms with Crippen LogP contribution in [0.2, 0.25) is 0 Å². The van der Waals surface area contributed by atoms with Crippen molar-refractivity contribution in [3.63, 3.8) is 0 Å². The van der Waals surface area contributed by atoms with Gasteiger partial charge >= 0.3 is 0 Å². The maximum absolute atomic E-state index is 12.3. The molecule has 0 saturated carbocycles. The second kappa shape index (κ2) is 7.84. The molecule has 3 aromatic rings. The van der Waals surface area contributed by atoms with Crippen LogP contribution in [0.5, 0.6) is 17.2 Å². The summed E-state index contributed by atoms with van der Waals surface area (Å²) in [7, 11) is 0. The second-order valence-electron chi connectivity index (χ2n) is 6.13. The van der Waals surface area contributed by atoms with Gasteiger partial charge in [0.15, 0.2) is 17.2 Å². The molecule has 0 unspecified atom stereocenters. The fourth-order valence-electron chi connectivity index (χ4n) is 2.75. The minimum atomic E-state index is -0.333. The molecule has 0 bridgehead atoms. The first-order valence-corrected chi connectivity index (χ1v) is 9.87. The van der Waals surface area contributed by atoms with Crippen LogP contribution in [0.3, 0.4) is 0 Å². The highest BCUT2D eigenvalue weighted by Crippen LogP contribution is 2.34. The molecule has 28 heavy (non-hydrogen) atoms. The molecule has 2 heterocycles. The summed E-state index contributed by atoms with van der Waals surface area (Å²) in [6.07, 6.45) is 0.430. The van der Waals surface area contributed by atoms with Crippen LogP contribution in [0.4, 0.5) is 0 Å². The molecule has 0 aliphatic carbocycles. The third-order valence-corrected chi connectivity index (χ3v) is 5.35. The van der Waals surface area contributed by atoms with E-state index in [1.807, 2.05) is 18.2 Å². The number of nitrogens with one attached hydrogen (secondary N) is 1. The lowest BCUT2D eigenvalue weighted by Gasteiger charge is -2.04. The number of benzene rings is 2. The maximum atomic E-state index is 12.3. The summed E-state index contributed by atoms with van der Waals surface area (Å²) in [5.74, 6) is 1.70. The van der Waals surface area contributed by atoms with Gasteiger partial charge in [0.2, 0.25) is 6.79 Å². The average molecular weight is 510 g/mol. The minimum Gasteiger partial charge on any atom is -0.506 e. The highest BCUT2D eigenvalue weighted by Gasteiger charge is 2.16. The number of fused-ring (bicyclic) bond motifs is 1. The number of hydrogen-bond donors (Lipinski definition) is 2. The van der Waals surface area contributed by atoms with Crippen molar-refractivity contribution in [2.75, 3.05) is 6.79 Å². The maximum Gasteiger partial charge on any atom is 0.273 e. The number of amides is 1. The number of phenolic OH excluding ortho intramolecular Hbond substituents is 1. The molecular weight excluding hydrogens is 496 g/mol. The van der Waals surface area contributed by atoms with E-state index in [2.05, 4.69) is 42.3 Å². The predicted octanol–water partition coefficient (Wildman–Crippen LogP) is 4.15. The van der Waals surface area contributed by atoms with Gasteiger partial charge in [-0.1, -0.05) is 11.2 Å². The molecule has 1 aliphatic rings. The van der Waals surface area contributed by atoms with Crippen LogP contribution in [0.25, 0.3) is 0 Å². The van der Waals surface area contributed by atoms with Crippen LogP contribution in [0.1, 0.15) is 27.4 Å². The van der Waals surface area contributed by atoms with Gasteiger partial charge in [0.1, 0.15) is 11.5 Å². The highest BCUT2D eigenvalue weighted by molar-refractivity contribution is 9.11. The number of carbonyl (C=O) groups excluding carboxylic acids is 1. The lowest BCUT2D eigenvalue weighted by atomic mass is 10.1. The molecule has 1 aliphatic heterocycles. The molecular formula is C19H14Br2N2O5. The Labute approximate surface area is 176 Å². The Balaban J connectivity index is 1.39. The van der Waals surface area contributed by atoms with Crippen LogP contribution in [0, 0.1) is 0 Å². The molecule has 9 heteroatoms. The number of phenols is 1. The zero-order valence-corrected chi connectivity index (χ0v) is 17.5. The van der Waals surface area contributed by atoms with E-state index < -0.39 is 0 Å². The highest BCUT2D eigenvalue weighted by atomic mass is 79.9. The predicted molar refractivity (Wildman–Crippen MR) is 107 cm³/mol. The molecule has 144 valence electrons. The molecule has 2 aromatic carbocycles. The number of carbonyl (C=O) groups is 1. The van der Waals surface area contributed by atoms with Crippen LogP contribution >= 0.6 is 31.9 Å². The number of aromatic nitrogens is 1. The van der Waals surface area contributed by atoms with Gasteiger partial charge in [-0.3, -0.25) is 4.79 Å². The molecule has 0 fully saturated rings. The van der Waals surface area contributed by atoms with Crippen molar-refractivity contribution >= 4 is 37.8 Å². The van der Waals surface area contributed by atoms with Gasteiger partial charge in [-0.15, -0.1) is 0 Å². The van der Waals surface area contributed by atoms with Crippen LogP contribution in [0.15, 0.2) is 49.9 Å².